The highest BCUT2D eigenvalue weighted by Gasteiger charge is 2.56. The lowest BCUT2D eigenvalue weighted by atomic mass is 9.90. The first kappa shape index (κ1) is 45.1. The minimum absolute atomic E-state index is 0.343. The molecule has 4 aromatic carbocycles. The largest absolute Gasteiger partial charge is 0.557 e. The molecule has 0 aliphatic carbocycles. The summed E-state index contributed by atoms with van der Waals surface area (Å²) in [6.07, 6.45) is 5.36. The SMILES string of the molecule is CCCCC(C)(O[P+](=O)C(CC)(CC)Oc1c(C)cccc1C)c1cccc(OP(=O)(Oc2c(C)cccc2C)C(C)(CCCC)Oc2c(C)cccc2C)c1. The van der Waals surface area contributed by atoms with Crippen LogP contribution >= 0.6 is 15.6 Å². The molecule has 56 heavy (non-hydrogen) atoms. The van der Waals surface area contributed by atoms with Crippen molar-refractivity contribution in [3.8, 4) is 23.0 Å². The molecule has 0 saturated heterocycles. The van der Waals surface area contributed by atoms with Gasteiger partial charge in [0, 0.05) is 19.3 Å². The lowest BCUT2D eigenvalue weighted by Crippen LogP contribution is -2.37. The fourth-order valence-electron chi connectivity index (χ4n) is 7.09. The van der Waals surface area contributed by atoms with Crippen LogP contribution in [-0.4, -0.2) is 10.7 Å². The van der Waals surface area contributed by atoms with Crippen LogP contribution in [0.2, 0.25) is 0 Å². The van der Waals surface area contributed by atoms with E-state index in [2.05, 4.69) is 13.8 Å². The second-order valence-corrected chi connectivity index (χ2v) is 19.5. The van der Waals surface area contributed by atoms with Crippen molar-refractivity contribution in [1.29, 1.82) is 0 Å². The minimum atomic E-state index is -4.22. The van der Waals surface area contributed by atoms with Crippen molar-refractivity contribution >= 4 is 15.6 Å². The Kier molecular flexibility index (Phi) is 15.5. The maximum Gasteiger partial charge on any atom is 0.557 e. The van der Waals surface area contributed by atoms with Crippen molar-refractivity contribution in [2.75, 3.05) is 0 Å². The third-order valence-corrected chi connectivity index (χ3v) is 15.3. The molecule has 0 saturated carbocycles. The third kappa shape index (κ3) is 10.1. The molecule has 7 nitrogen and oxygen atoms in total. The van der Waals surface area contributed by atoms with Gasteiger partial charge in [-0.1, -0.05) is 114 Å². The predicted molar refractivity (Wildman–Crippen MR) is 231 cm³/mol. The standard InChI is InChI=1S/C47H65O7P2/c1-13-17-31-45(11,54-55(48)47(15-3,16-4)51-43-36(7)25-20-26-37(43)8)40-29-22-30-41(33-40)52-56(49,53-44-38(9)27-21-28-39(44)10)46(12,32-18-14-2)50-42-34(5)23-19-24-35(42)6/h19-30,33H,13-18,31-32H2,1-12H3/q+1. The second kappa shape index (κ2) is 19.2. The second-order valence-electron chi connectivity index (χ2n) is 15.7. The Hall–Kier alpha value is -3.63. The zero-order valence-electron chi connectivity index (χ0n) is 35.9. The normalized spacial score (nSPS) is 15.2. The van der Waals surface area contributed by atoms with Gasteiger partial charge >= 0.3 is 21.0 Å². The summed E-state index contributed by atoms with van der Waals surface area (Å²) in [5.41, 5.74) is 5.29. The fourth-order valence-corrected chi connectivity index (χ4v) is 10.5. The van der Waals surface area contributed by atoms with E-state index in [9.17, 15) is 4.57 Å². The van der Waals surface area contributed by atoms with E-state index >= 15 is 4.57 Å². The van der Waals surface area contributed by atoms with Gasteiger partial charge in [-0.25, -0.2) is 4.57 Å². The van der Waals surface area contributed by atoms with Crippen LogP contribution in [0.5, 0.6) is 23.0 Å². The number of aryl methyl sites for hydroxylation is 6. The summed E-state index contributed by atoms with van der Waals surface area (Å²) in [6.45, 7) is 23.9. The highest BCUT2D eigenvalue weighted by Crippen LogP contribution is 2.63. The first-order chi connectivity index (χ1) is 26.5. The molecule has 0 fully saturated rings. The summed E-state index contributed by atoms with van der Waals surface area (Å²) in [7, 11) is -6.58. The van der Waals surface area contributed by atoms with E-state index < -0.39 is 31.9 Å². The first-order valence-electron chi connectivity index (χ1n) is 20.3. The molecule has 9 heteroatoms. The topological polar surface area (TPSA) is 80.3 Å². The van der Waals surface area contributed by atoms with E-state index in [0.717, 1.165) is 70.4 Å². The molecule has 4 aromatic rings. The summed E-state index contributed by atoms with van der Waals surface area (Å²) in [5.74, 6) is 2.25. The van der Waals surface area contributed by atoms with Crippen molar-refractivity contribution in [1.82, 2.24) is 0 Å². The van der Waals surface area contributed by atoms with Gasteiger partial charge in [0.25, 0.3) is 0 Å². The maximum atomic E-state index is 15.9. The van der Waals surface area contributed by atoms with Crippen LogP contribution in [-0.2, 0) is 19.3 Å². The smallest absolute Gasteiger partial charge is 0.472 e. The number of ether oxygens (including phenoxy) is 2. The molecule has 0 aliphatic heterocycles. The number of para-hydroxylation sites is 3. The zero-order valence-corrected chi connectivity index (χ0v) is 37.7. The van der Waals surface area contributed by atoms with Gasteiger partial charge in [0.15, 0.2) is 0 Å². The molecule has 0 heterocycles. The summed E-state index contributed by atoms with van der Waals surface area (Å²) < 4.78 is 64.3. The van der Waals surface area contributed by atoms with Gasteiger partial charge in [0.1, 0.15) is 28.6 Å². The van der Waals surface area contributed by atoms with Crippen molar-refractivity contribution in [3.63, 3.8) is 0 Å². The van der Waals surface area contributed by atoms with Crippen molar-refractivity contribution < 1.29 is 32.2 Å². The van der Waals surface area contributed by atoms with Crippen LogP contribution < -0.4 is 18.5 Å². The van der Waals surface area contributed by atoms with E-state index in [1.165, 1.54) is 0 Å². The van der Waals surface area contributed by atoms with Crippen molar-refractivity contribution in [2.45, 2.75) is 151 Å². The number of hydrogen-bond acceptors (Lipinski definition) is 7. The minimum Gasteiger partial charge on any atom is -0.472 e. The Morgan fingerprint density at radius 3 is 1.52 bits per heavy atom. The summed E-state index contributed by atoms with van der Waals surface area (Å²) in [4.78, 5) is 0. The fraction of sp³-hybridized carbons (Fsp3) is 0.489. The molecule has 4 rings (SSSR count). The Morgan fingerprint density at radius 2 is 1.04 bits per heavy atom. The number of rotatable bonds is 21. The van der Waals surface area contributed by atoms with Gasteiger partial charge in [-0.3, -0.25) is 0 Å². The summed E-state index contributed by atoms with van der Waals surface area (Å²) >= 11 is 0. The Bertz CT molecular complexity index is 1940. The van der Waals surface area contributed by atoms with Gasteiger partial charge in [-0.15, -0.1) is 4.52 Å². The van der Waals surface area contributed by atoms with Crippen molar-refractivity contribution in [3.05, 3.63) is 118 Å². The highest BCUT2D eigenvalue weighted by atomic mass is 31.2. The molecular weight excluding hydrogens is 738 g/mol. The number of hydrogen-bond donors (Lipinski definition) is 0. The van der Waals surface area contributed by atoms with Gasteiger partial charge in [0.05, 0.1) is 0 Å². The van der Waals surface area contributed by atoms with Gasteiger partial charge < -0.3 is 18.5 Å². The quantitative estimate of drug-likeness (QED) is 0.0776. The van der Waals surface area contributed by atoms with Crippen LogP contribution in [0.15, 0.2) is 78.9 Å². The van der Waals surface area contributed by atoms with Gasteiger partial charge in [-0.2, -0.15) is 0 Å². The molecule has 0 spiro atoms. The third-order valence-electron chi connectivity index (χ3n) is 11.0. The molecule has 4 unspecified atom stereocenters. The van der Waals surface area contributed by atoms with Crippen LogP contribution in [0, 0.1) is 41.5 Å². The number of benzene rings is 4. The lowest BCUT2D eigenvalue weighted by Gasteiger charge is -2.37. The Balaban J connectivity index is 1.82. The van der Waals surface area contributed by atoms with E-state index in [0.29, 0.717) is 42.9 Å². The van der Waals surface area contributed by atoms with Crippen LogP contribution in [0.3, 0.4) is 0 Å². The molecule has 0 aliphatic rings. The van der Waals surface area contributed by atoms with Crippen LogP contribution in [0.1, 0.15) is 132 Å². The molecule has 304 valence electrons. The summed E-state index contributed by atoms with van der Waals surface area (Å²) in [6, 6.07) is 25.3. The summed E-state index contributed by atoms with van der Waals surface area (Å²) in [5, 5.41) is -2.42. The molecule has 0 aromatic heterocycles. The monoisotopic (exact) mass is 803 g/mol. The molecule has 4 atom stereocenters. The highest BCUT2D eigenvalue weighted by molar-refractivity contribution is 7.56. The van der Waals surface area contributed by atoms with Gasteiger partial charge in [0.2, 0.25) is 5.34 Å². The van der Waals surface area contributed by atoms with E-state index in [1.54, 1.807) is 6.07 Å². The predicted octanol–water partition coefficient (Wildman–Crippen LogP) is 14.9. The van der Waals surface area contributed by atoms with Crippen molar-refractivity contribution in [2.24, 2.45) is 0 Å². The van der Waals surface area contributed by atoms with Gasteiger partial charge in [-0.05, 0) is 124 Å². The van der Waals surface area contributed by atoms with Crippen LogP contribution in [0.4, 0.5) is 0 Å². The van der Waals surface area contributed by atoms with Crippen LogP contribution in [0.25, 0.3) is 0 Å². The Labute approximate surface area is 338 Å². The van der Waals surface area contributed by atoms with E-state index in [-0.39, 0.29) is 0 Å². The molecule has 0 bridgehead atoms. The molecule has 0 N–H and O–H groups in total. The first-order valence-corrected chi connectivity index (χ1v) is 23.1. The maximum absolute atomic E-state index is 15.9. The molecule has 0 radical (unpaired) electrons. The molecule has 0 amide bonds. The zero-order chi connectivity index (χ0) is 41.3. The number of unbranched alkanes of at least 4 members (excludes halogenated alkanes) is 2. The average Bonchev–Trinajstić information content (AvgIpc) is 3.16. The average molecular weight is 804 g/mol. The van der Waals surface area contributed by atoms with E-state index in [4.69, 9.17) is 23.0 Å². The Morgan fingerprint density at radius 1 is 0.589 bits per heavy atom. The lowest BCUT2D eigenvalue weighted by molar-refractivity contribution is 0.0527. The molecular formula is C47H65O7P2+. The van der Waals surface area contributed by atoms with E-state index in [1.807, 2.05) is 142 Å².